The first-order chi connectivity index (χ1) is 8.52. The molecule has 0 fully saturated rings. The number of carbonyl (C=O) groups is 1. The Hall–Kier alpha value is -1.03. The Labute approximate surface area is 117 Å². The summed E-state index contributed by atoms with van der Waals surface area (Å²) >= 11 is 3.36. The van der Waals surface area contributed by atoms with Gasteiger partial charge in [0.25, 0.3) is 5.91 Å². The number of halogens is 1. The van der Waals surface area contributed by atoms with Crippen LogP contribution < -0.4 is 10.1 Å². The van der Waals surface area contributed by atoms with E-state index in [4.69, 9.17) is 4.74 Å². The average Bonchev–Trinajstić information content (AvgIpc) is 2.32. The number of carbonyl (C=O) groups excluding carboxylic acids is 1. The van der Waals surface area contributed by atoms with Crippen molar-refractivity contribution < 1.29 is 9.53 Å². The standard InChI is InChI=1S/C14H20BrNO2/c1-4-5-10(2)16-14(17)11(3)18-13-8-6-12(15)7-9-13/h6-11H,4-5H2,1-3H3,(H,16,17)/t10-,11+/m1/s1. The monoisotopic (exact) mass is 313 g/mol. The minimum Gasteiger partial charge on any atom is -0.481 e. The van der Waals surface area contributed by atoms with Crippen LogP contribution in [0.1, 0.15) is 33.6 Å². The Morgan fingerprint density at radius 1 is 1.33 bits per heavy atom. The van der Waals surface area contributed by atoms with Gasteiger partial charge in [-0.2, -0.15) is 0 Å². The third-order valence-electron chi connectivity index (χ3n) is 2.61. The van der Waals surface area contributed by atoms with E-state index in [0.717, 1.165) is 17.3 Å². The summed E-state index contributed by atoms with van der Waals surface area (Å²) in [6, 6.07) is 7.64. The number of ether oxygens (including phenoxy) is 1. The summed E-state index contributed by atoms with van der Waals surface area (Å²) in [5, 5.41) is 2.94. The molecule has 1 rings (SSSR count). The van der Waals surface area contributed by atoms with E-state index in [0.29, 0.717) is 5.75 Å². The molecule has 0 heterocycles. The molecule has 1 aromatic rings. The average molecular weight is 314 g/mol. The summed E-state index contributed by atoms with van der Waals surface area (Å²) in [4.78, 5) is 11.9. The van der Waals surface area contributed by atoms with E-state index in [-0.39, 0.29) is 11.9 Å². The molecule has 1 amide bonds. The molecule has 0 saturated heterocycles. The molecule has 0 bridgehead atoms. The molecule has 18 heavy (non-hydrogen) atoms. The van der Waals surface area contributed by atoms with Gasteiger partial charge in [0.2, 0.25) is 0 Å². The highest BCUT2D eigenvalue weighted by molar-refractivity contribution is 9.10. The maximum absolute atomic E-state index is 11.9. The molecule has 0 aliphatic carbocycles. The number of hydrogen-bond acceptors (Lipinski definition) is 2. The van der Waals surface area contributed by atoms with Crippen LogP contribution in [0.2, 0.25) is 0 Å². The first-order valence-electron chi connectivity index (χ1n) is 6.25. The zero-order valence-electron chi connectivity index (χ0n) is 11.1. The zero-order chi connectivity index (χ0) is 13.5. The van der Waals surface area contributed by atoms with Gasteiger partial charge in [0.1, 0.15) is 5.75 Å². The van der Waals surface area contributed by atoms with Gasteiger partial charge in [-0.15, -0.1) is 0 Å². The number of nitrogens with one attached hydrogen (secondary N) is 1. The lowest BCUT2D eigenvalue weighted by atomic mass is 10.2. The van der Waals surface area contributed by atoms with Crippen molar-refractivity contribution in [3.8, 4) is 5.75 Å². The molecule has 3 nitrogen and oxygen atoms in total. The normalized spacial score (nSPS) is 13.8. The fourth-order valence-corrected chi connectivity index (χ4v) is 1.90. The Morgan fingerprint density at radius 2 is 1.94 bits per heavy atom. The smallest absolute Gasteiger partial charge is 0.260 e. The fraction of sp³-hybridized carbons (Fsp3) is 0.500. The van der Waals surface area contributed by atoms with Gasteiger partial charge in [-0.3, -0.25) is 4.79 Å². The van der Waals surface area contributed by atoms with Gasteiger partial charge >= 0.3 is 0 Å². The molecule has 0 unspecified atom stereocenters. The highest BCUT2D eigenvalue weighted by Crippen LogP contribution is 2.17. The SMILES string of the molecule is CCC[C@@H](C)NC(=O)[C@H](C)Oc1ccc(Br)cc1. The molecule has 0 aromatic heterocycles. The topological polar surface area (TPSA) is 38.3 Å². The second kappa shape index (κ2) is 7.41. The van der Waals surface area contributed by atoms with E-state index in [1.54, 1.807) is 6.92 Å². The second-order valence-corrected chi connectivity index (χ2v) is 5.33. The Bertz CT molecular complexity index is 378. The van der Waals surface area contributed by atoms with Crippen molar-refractivity contribution in [1.82, 2.24) is 5.32 Å². The number of rotatable bonds is 6. The molecule has 1 aromatic carbocycles. The van der Waals surface area contributed by atoms with Crippen molar-refractivity contribution in [2.24, 2.45) is 0 Å². The van der Waals surface area contributed by atoms with E-state index in [9.17, 15) is 4.79 Å². The molecular weight excluding hydrogens is 294 g/mol. The Kier molecular flexibility index (Phi) is 6.19. The lowest BCUT2D eigenvalue weighted by Gasteiger charge is -2.18. The molecule has 0 saturated carbocycles. The van der Waals surface area contributed by atoms with E-state index in [2.05, 4.69) is 28.2 Å². The van der Waals surface area contributed by atoms with Gasteiger partial charge in [-0.25, -0.2) is 0 Å². The highest BCUT2D eigenvalue weighted by atomic mass is 79.9. The molecule has 0 spiro atoms. The molecule has 0 aliphatic heterocycles. The minimum absolute atomic E-state index is 0.0705. The summed E-state index contributed by atoms with van der Waals surface area (Å²) in [6.07, 6.45) is 1.56. The predicted octanol–water partition coefficient (Wildman–Crippen LogP) is 3.52. The molecule has 4 heteroatoms. The number of benzene rings is 1. The third-order valence-corrected chi connectivity index (χ3v) is 3.13. The summed E-state index contributed by atoms with van der Waals surface area (Å²) in [7, 11) is 0. The number of hydrogen-bond donors (Lipinski definition) is 1. The number of amides is 1. The lowest BCUT2D eigenvalue weighted by Crippen LogP contribution is -2.41. The zero-order valence-corrected chi connectivity index (χ0v) is 12.7. The van der Waals surface area contributed by atoms with Crippen LogP contribution in [0.3, 0.4) is 0 Å². The third kappa shape index (κ3) is 5.08. The summed E-state index contributed by atoms with van der Waals surface area (Å²) in [6.45, 7) is 5.87. The van der Waals surface area contributed by atoms with Crippen LogP contribution in [0, 0.1) is 0 Å². The van der Waals surface area contributed by atoms with Gasteiger partial charge in [0.05, 0.1) is 0 Å². The molecule has 100 valence electrons. The second-order valence-electron chi connectivity index (χ2n) is 4.41. The highest BCUT2D eigenvalue weighted by Gasteiger charge is 2.16. The molecule has 0 aliphatic rings. The first-order valence-corrected chi connectivity index (χ1v) is 7.04. The maximum Gasteiger partial charge on any atom is 0.260 e. The van der Waals surface area contributed by atoms with E-state index in [1.807, 2.05) is 31.2 Å². The van der Waals surface area contributed by atoms with Crippen LogP contribution in [0.4, 0.5) is 0 Å². The van der Waals surface area contributed by atoms with Gasteiger partial charge in [-0.1, -0.05) is 29.3 Å². The molecule has 0 radical (unpaired) electrons. The van der Waals surface area contributed by atoms with Crippen molar-refractivity contribution in [1.29, 1.82) is 0 Å². The predicted molar refractivity (Wildman–Crippen MR) is 76.7 cm³/mol. The summed E-state index contributed by atoms with van der Waals surface area (Å²) < 4.78 is 6.57. The van der Waals surface area contributed by atoms with Crippen molar-refractivity contribution in [3.63, 3.8) is 0 Å². The molecular formula is C14H20BrNO2. The van der Waals surface area contributed by atoms with E-state index < -0.39 is 6.10 Å². The summed E-state index contributed by atoms with van der Waals surface area (Å²) in [5.74, 6) is 0.628. The fourth-order valence-electron chi connectivity index (χ4n) is 1.64. The Balaban J connectivity index is 2.46. The molecule has 2 atom stereocenters. The van der Waals surface area contributed by atoms with Gasteiger partial charge < -0.3 is 10.1 Å². The van der Waals surface area contributed by atoms with Gasteiger partial charge in [0, 0.05) is 10.5 Å². The quantitative estimate of drug-likeness (QED) is 0.872. The Morgan fingerprint density at radius 3 is 2.50 bits per heavy atom. The first kappa shape index (κ1) is 15.0. The van der Waals surface area contributed by atoms with Crippen LogP contribution in [-0.4, -0.2) is 18.1 Å². The largest absolute Gasteiger partial charge is 0.481 e. The molecule has 1 N–H and O–H groups in total. The maximum atomic E-state index is 11.9. The van der Waals surface area contributed by atoms with Crippen LogP contribution in [0.25, 0.3) is 0 Å². The van der Waals surface area contributed by atoms with E-state index in [1.165, 1.54) is 0 Å². The van der Waals surface area contributed by atoms with Gasteiger partial charge in [0.15, 0.2) is 6.10 Å². The lowest BCUT2D eigenvalue weighted by molar-refractivity contribution is -0.127. The van der Waals surface area contributed by atoms with Crippen molar-refractivity contribution in [3.05, 3.63) is 28.7 Å². The van der Waals surface area contributed by atoms with E-state index >= 15 is 0 Å². The van der Waals surface area contributed by atoms with Crippen LogP contribution >= 0.6 is 15.9 Å². The van der Waals surface area contributed by atoms with Crippen LogP contribution in [0.15, 0.2) is 28.7 Å². The van der Waals surface area contributed by atoms with Crippen LogP contribution in [-0.2, 0) is 4.79 Å². The van der Waals surface area contributed by atoms with Crippen molar-refractivity contribution >= 4 is 21.8 Å². The van der Waals surface area contributed by atoms with Crippen molar-refractivity contribution in [2.75, 3.05) is 0 Å². The van der Waals surface area contributed by atoms with Crippen LogP contribution in [0.5, 0.6) is 5.75 Å². The van der Waals surface area contributed by atoms with Crippen molar-refractivity contribution in [2.45, 2.75) is 45.8 Å². The minimum atomic E-state index is -0.481. The summed E-state index contributed by atoms with van der Waals surface area (Å²) in [5.41, 5.74) is 0. The van der Waals surface area contributed by atoms with Gasteiger partial charge in [-0.05, 0) is 44.5 Å².